The van der Waals surface area contributed by atoms with Gasteiger partial charge in [-0.05, 0) is 43.5 Å². The van der Waals surface area contributed by atoms with Crippen LogP contribution in [0.4, 0.5) is 4.39 Å². The van der Waals surface area contributed by atoms with Gasteiger partial charge in [-0.15, -0.1) is 0 Å². The monoisotopic (exact) mass is 310 g/mol. The summed E-state index contributed by atoms with van der Waals surface area (Å²) in [5.74, 6) is -0.645. The fourth-order valence-electron chi connectivity index (χ4n) is 2.75. The summed E-state index contributed by atoms with van der Waals surface area (Å²) in [6.07, 6.45) is 2.55. The Morgan fingerprint density at radius 1 is 1.17 bits per heavy atom. The zero-order valence-electron chi connectivity index (χ0n) is 13.1. The lowest BCUT2D eigenvalue weighted by Gasteiger charge is -2.11. The van der Waals surface area contributed by atoms with E-state index in [0.29, 0.717) is 12.1 Å². The smallest absolute Gasteiger partial charge is 0.267 e. The van der Waals surface area contributed by atoms with E-state index >= 15 is 0 Å². The second-order valence-corrected chi connectivity index (χ2v) is 5.84. The van der Waals surface area contributed by atoms with Gasteiger partial charge in [0.25, 0.3) is 5.91 Å². The van der Waals surface area contributed by atoms with Crippen LogP contribution in [0.3, 0.4) is 0 Å². The molecule has 0 aliphatic carbocycles. The molecule has 1 aliphatic rings. The van der Waals surface area contributed by atoms with Gasteiger partial charge in [0.1, 0.15) is 5.82 Å². The summed E-state index contributed by atoms with van der Waals surface area (Å²) < 4.78 is 13.2. The Balaban J connectivity index is 1.63. The minimum Gasteiger partial charge on any atom is -0.267 e. The second kappa shape index (κ2) is 6.73. The quantitative estimate of drug-likeness (QED) is 0.841. The summed E-state index contributed by atoms with van der Waals surface area (Å²) in [7, 11) is 0. The van der Waals surface area contributed by atoms with Crippen molar-refractivity contribution in [3.8, 4) is 0 Å². The van der Waals surface area contributed by atoms with E-state index in [0.717, 1.165) is 25.0 Å². The lowest BCUT2D eigenvalue weighted by Crippen LogP contribution is -2.23. The van der Waals surface area contributed by atoms with Crippen LogP contribution in [0.15, 0.2) is 53.6 Å². The number of hydrazone groups is 1. The standard InChI is InChI=1S/C19H19FN2O/c1-14-4-2-5-15(12-14)8-9-18-10-11-22(21-18)19(23)16-6-3-7-17(20)13-16/h2-7,12-13H,8-11H2,1H3. The van der Waals surface area contributed by atoms with E-state index in [1.807, 2.05) is 0 Å². The molecule has 2 aromatic carbocycles. The van der Waals surface area contributed by atoms with Gasteiger partial charge in [-0.1, -0.05) is 35.9 Å². The average Bonchev–Trinajstić information content (AvgIpc) is 3.01. The van der Waals surface area contributed by atoms with Crippen molar-refractivity contribution in [2.75, 3.05) is 6.54 Å². The maximum Gasteiger partial charge on any atom is 0.274 e. The molecule has 1 amide bonds. The summed E-state index contributed by atoms with van der Waals surface area (Å²) in [6, 6.07) is 14.2. The lowest BCUT2D eigenvalue weighted by atomic mass is 10.0. The van der Waals surface area contributed by atoms with Crippen molar-refractivity contribution in [3.05, 3.63) is 71.0 Å². The van der Waals surface area contributed by atoms with E-state index in [9.17, 15) is 9.18 Å². The predicted molar refractivity (Wildman–Crippen MR) is 89.0 cm³/mol. The fourth-order valence-corrected chi connectivity index (χ4v) is 2.75. The van der Waals surface area contributed by atoms with Gasteiger partial charge in [0.05, 0.1) is 6.54 Å². The normalized spacial score (nSPS) is 14.0. The Bertz CT molecular complexity index is 755. The number of benzene rings is 2. The van der Waals surface area contributed by atoms with Crippen molar-refractivity contribution in [2.24, 2.45) is 5.10 Å². The largest absolute Gasteiger partial charge is 0.274 e. The van der Waals surface area contributed by atoms with Crippen molar-refractivity contribution in [3.63, 3.8) is 0 Å². The number of amides is 1. The Morgan fingerprint density at radius 2 is 2.00 bits per heavy atom. The number of carbonyl (C=O) groups excluding carboxylic acids is 1. The van der Waals surface area contributed by atoms with E-state index < -0.39 is 5.82 Å². The van der Waals surface area contributed by atoms with E-state index in [-0.39, 0.29) is 5.91 Å². The highest BCUT2D eigenvalue weighted by atomic mass is 19.1. The van der Waals surface area contributed by atoms with Gasteiger partial charge in [-0.3, -0.25) is 4.79 Å². The number of rotatable bonds is 4. The van der Waals surface area contributed by atoms with Gasteiger partial charge in [0, 0.05) is 17.7 Å². The van der Waals surface area contributed by atoms with Crippen LogP contribution in [0.5, 0.6) is 0 Å². The van der Waals surface area contributed by atoms with Gasteiger partial charge >= 0.3 is 0 Å². The SMILES string of the molecule is Cc1cccc(CCC2=NN(C(=O)c3cccc(F)c3)CC2)c1. The maximum atomic E-state index is 13.2. The summed E-state index contributed by atoms with van der Waals surface area (Å²) in [5, 5.41) is 5.85. The topological polar surface area (TPSA) is 32.7 Å². The number of halogens is 1. The van der Waals surface area contributed by atoms with Crippen LogP contribution in [0.1, 0.15) is 34.3 Å². The number of aryl methyl sites for hydroxylation is 2. The zero-order valence-corrected chi connectivity index (χ0v) is 13.1. The Morgan fingerprint density at radius 3 is 2.78 bits per heavy atom. The van der Waals surface area contributed by atoms with Gasteiger partial charge in [-0.2, -0.15) is 5.10 Å². The van der Waals surface area contributed by atoms with Crippen molar-refractivity contribution in [2.45, 2.75) is 26.2 Å². The first-order chi connectivity index (χ1) is 11.1. The third-order valence-corrected chi connectivity index (χ3v) is 3.97. The van der Waals surface area contributed by atoms with E-state index in [1.165, 1.54) is 28.3 Å². The highest BCUT2D eigenvalue weighted by Gasteiger charge is 2.21. The molecule has 4 heteroatoms. The molecule has 23 heavy (non-hydrogen) atoms. The molecule has 3 nitrogen and oxygen atoms in total. The molecule has 2 aromatic rings. The molecule has 1 aliphatic heterocycles. The molecule has 3 rings (SSSR count). The Labute approximate surface area is 135 Å². The fraction of sp³-hybridized carbons (Fsp3) is 0.263. The van der Waals surface area contributed by atoms with Gasteiger partial charge in [-0.25, -0.2) is 9.40 Å². The molecule has 0 aromatic heterocycles. The summed E-state index contributed by atoms with van der Waals surface area (Å²) in [5.41, 5.74) is 3.89. The van der Waals surface area contributed by atoms with Crippen LogP contribution >= 0.6 is 0 Å². The number of nitrogens with zero attached hydrogens (tertiary/aromatic N) is 2. The molecule has 0 saturated heterocycles. The molecule has 1 heterocycles. The molecular weight excluding hydrogens is 291 g/mol. The van der Waals surface area contributed by atoms with Crippen LogP contribution in [-0.2, 0) is 6.42 Å². The summed E-state index contributed by atoms with van der Waals surface area (Å²) >= 11 is 0. The van der Waals surface area contributed by atoms with Crippen molar-refractivity contribution in [1.29, 1.82) is 0 Å². The first-order valence-electron chi connectivity index (χ1n) is 7.81. The maximum absolute atomic E-state index is 13.2. The Kier molecular flexibility index (Phi) is 4.51. The molecule has 118 valence electrons. The minimum atomic E-state index is -0.404. The molecule has 0 spiro atoms. The molecule has 0 fully saturated rings. The van der Waals surface area contributed by atoms with Crippen LogP contribution in [0.25, 0.3) is 0 Å². The van der Waals surface area contributed by atoms with Crippen LogP contribution < -0.4 is 0 Å². The van der Waals surface area contributed by atoms with E-state index in [4.69, 9.17) is 0 Å². The molecule has 0 bridgehead atoms. The van der Waals surface area contributed by atoms with E-state index in [1.54, 1.807) is 12.1 Å². The minimum absolute atomic E-state index is 0.241. The molecule has 0 radical (unpaired) electrons. The van der Waals surface area contributed by atoms with Crippen molar-refractivity contribution in [1.82, 2.24) is 5.01 Å². The number of carbonyl (C=O) groups is 1. The first-order valence-corrected chi connectivity index (χ1v) is 7.81. The molecule has 0 atom stereocenters. The van der Waals surface area contributed by atoms with Gasteiger partial charge in [0.15, 0.2) is 0 Å². The third kappa shape index (κ3) is 3.83. The molecule has 0 saturated carbocycles. The average molecular weight is 310 g/mol. The number of hydrogen-bond donors (Lipinski definition) is 0. The van der Waals surface area contributed by atoms with Crippen LogP contribution in [0.2, 0.25) is 0 Å². The first kappa shape index (κ1) is 15.4. The van der Waals surface area contributed by atoms with Crippen LogP contribution in [-0.4, -0.2) is 23.2 Å². The second-order valence-electron chi connectivity index (χ2n) is 5.84. The number of hydrogen-bond acceptors (Lipinski definition) is 2. The zero-order chi connectivity index (χ0) is 16.2. The molecule has 0 N–H and O–H groups in total. The van der Waals surface area contributed by atoms with Crippen molar-refractivity contribution >= 4 is 11.6 Å². The summed E-state index contributed by atoms with van der Waals surface area (Å²) in [6.45, 7) is 2.65. The van der Waals surface area contributed by atoms with E-state index in [2.05, 4.69) is 36.3 Å². The predicted octanol–water partition coefficient (Wildman–Crippen LogP) is 3.97. The Hall–Kier alpha value is -2.49. The van der Waals surface area contributed by atoms with Crippen LogP contribution in [0, 0.1) is 12.7 Å². The molecular formula is C19H19FN2O. The highest BCUT2D eigenvalue weighted by molar-refractivity contribution is 5.97. The van der Waals surface area contributed by atoms with Crippen molar-refractivity contribution < 1.29 is 9.18 Å². The van der Waals surface area contributed by atoms with Gasteiger partial charge < -0.3 is 0 Å². The lowest BCUT2D eigenvalue weighted by molar-refractivity contribution is 0.0777. The highest BCUT2D eigenvalue weighted by Crippen LogP contribution is 2.16. The molecule has 0 unspecified atom stereocenters. The third-order valence-electron chi connectivity index (χ3n) is 3.97. The van der Waals surface area contributed by atoms with Gasteiger partial charge in [0.2, 0.25) is 0 Å². The summed E-state index contributed by atoms with van der Waals surface area (Å²) in [4.78, 5) is 12.3.